The fourth-order valence-electron chi connectivity index (χ4n) is 3.21. The van der Waals surface area contributed by atoms with Crippen molar-refractivity contribution in [3.63, 3.8) is 0 Å². The van der Waals surface area contributed by atoms with Gasteiger partial charge in [-0.25, -0.2) is 0 Å². The van der Waals surface area contributed by atoms with E-state index in [1.807, 2.05) is 71.6 Å². The van der Waals surface area contributed by atoms with Crippen LogP contribution >= 0.6 is 0 Å². The van der Waals surface area contributed by atoms with Crippen molar-refractivity contribution >= 4 is 28.5 Å². The van der Waals surface area contributed by atoms with Gasteiger partial charge in [0.15, 0.2) is 0 Å². The predicted octanol–water partition coefficient (Wildman–Crippen LogP) is 2.93. The molecule has 0 bridgehead atoms. The van der Waals surface area contributed by atoms with Crippen LogP contribution in [0.4, 0.5) is 5.69 Å². The molecule has 1 amide bonds. The predicted molar refractivity (Wildman–Crippen MR) is 130 cm³/mol. The Morgan fingerprint density at radius 3 is 1.91 bits per heavy atom. The molecule has 0 atom stereocenters. The van der Waals surface area contributed by atoms with E-state index in [-0.39, 0.29) is 35.0 Å². The quantitative estimate of drug-likeness (QED) is 0.360. The minimum atomic E-state index is -0.833. The number of anilines is 1. The molecule has 0 unspecified atom stereocenters. The number of nitrogens with zero attached hydrogens (tertiary/aromatic N) is 4. The molecule has 4 aromatic rings. The summed E-state index contributed by atoms with van der Waals surface area (Å²) in [5.74, 6) is -0.935. The molecule has 0 fully saturated rings. The Balaban J connectivity index is 0.000000950. The molecule has 1 aromatic carbocycles. The molecular formula is C25H27MnN5O4. The number of hydrogen-bond acceptors (Lipinski definition) is 6. The summed E-state index contributed by atoms with van der Waals surface area (Å²) >= 11 is 0. The smallest absolute Gasteiger partial charge is 0.300 e. The van der Waals surface area contributed by atoms with Crippen LogP contribution in [0.15, 0.2) is 85.3 Å². The van der Waals surface area contributed by atoms with E-state index in [2.05, 4.69) is 20.3 Å². The molecule has 0 saturated heterocycles. The number of carboxylic acids is 1. The van der Waals surface area contributed by atoms with E-state index in [4.69, 9.17) is 9.90 Å². The van der Waals surface area contributed by atoms with Gasteiger partial charge < -0.3 is 15.9 Å². The van der Waals surface area contributed by atoms with Gasteiger partial charge in [-0.2, -0.15) is 0 Å². The fraction of sp³-hybridized carbons (Fsp3) is 0.160. The largest absolute Gasteiger partial charge is 0.481 e. The summed E-state index contributed by atoms with van der Waals surface area (Å²) in [6.45, 7) is 2.41. The van der Waals surface area contributed by atoms with Gasteiger partial charge in [0, 0.05) is 61.1 Å². The number of pyridine rings is 3. The molecular weight excluding hydrogens is 489 g/mol. The minimum absolute atomic E-state index is 0. The number of carbonyl (C=O) groups excluding carboxylic acids is 1. The zero-order valence-corrected chi connectivity index (χ0v) is 20.3. The Hall–Kier alpha value is -3.69. The maximum absolute atomic E-state index is 12.8. The number of aliphatic carboxylic acids is 1. The first-order chi connectivity index (χ1) is 16.0. The Morgan fingerprint density at radius 2 is 1.37 bits per heavy atom. The minimum Gasteiger partial charge on any atom is -0.481 e. The molecule has 183 valence electrons. The number of para-hydroxylation sites is 1. The van der Waals surface area contributed by atoms with Gasteiger partial charge in [-0.1, -0.05) is 30.3 Å². The van der Waals surface area contributed by atoms with Crippen LogP contribution in [-0.2, 0) is 39.7 Å². The zero-order valence-electron chi connectivity index (χ0n) is 19.1. The Morgan fingerprint density at radius 1 is 0.829 bits per heavy atom. The number of hydrogen-bond donors (Lipinski definition) is 2. The van der Waals surface area contributed by atoms with Crippen molar-refractivity contribution in [2.24, 2.45) is 0 Å². The van der Waals surface area contributed by atoms with E-state index in [1.54, 1.807) is 18.6 Å². The molecule has 35 heavy (non-hydrogen) atoms. The van der Waals surface area contributed by atoms with Crippen molar-refractivity contribution in [1.29, 1.82) is 0 Å². The van der Waals surface area contributed by atoms with Gasteiger partial charge in [-0.15, -0.1) is 0 Å². The standard InChI is InChI=1S/C23H21N5O.C2H4O2.Mn.H2O/c29-22(27-21-11-5-7-18-8-6-14-26-23(18)21)17-28(15-19-9-1-3-12-24-19)16-20-10-2-4-13-25-20;1-2(3)4;;/h1-14H,15-17H2,(H,27,29);1H3,(H,3,4);;1H2. The normalized spacial score (nSPS) is 9.77. The third-order valence-electron chi connectivity index (χ3n) is 4.50. The number of aromatic nitrogens is 3. The Bertz CT molecular complexity index is 1150. The SMILES string of the molecule is CC(=O)O.O.O=C(CN(Cc1ccccn1)Cc1ccccn1)Nc1cccc2cccnc12.[Mn]. The van der Waals surface area contributed by atoms with E-state index in [1.165, 1.54) is 0 Å². The second kappa shape index (κ2) is 15.3. The van der Waals surface area contributed by atoms with Gasteiger partial charge in [0.1, 0.15) is 0 Å². The fourth-order valence-corrected chi connectivity index (χ4v) is 3.21. The van der Waals surface area contributed by atoms with Crippen LogP contribution < -0.4 is 5.32 Å². The van der Waals surface area contributed by atoms with Crippen LogP contribution in [-0.4, -0.2) is 48.9 Å². The molecule has 3 aromatic heterocycles. The molecule has 1 radical (unpaired) electrons. The summed E-state index contributed by atoms with van der Waals surface area (Å²) in [5, 5.41) is 11.4. The first-order valence-electron chi connectivity index (χ1n) is 10.4. The van der Waals surface area contributed by atoms with Crippen molar-refractivity contribution in [3.8, 4) is 0 Å². The first-order valence-corrected chi connectivity index (χ1v) is 10.4. The summed E-state index contributed by atoms with van der Waals surface area (Å²) < 4.78 is 0. The summed E-state index contributed by atoms with van der Waals surface area (Å²) in [5.41, 5.74) is 3.30. The number of nitrogens with one attached hydrogen (secondary N) is 1. The Kier molecular flexibility index (Phi) is 12.8. The zero-order chi connectivity index (χ0) is 23.5. The number of fused-ring (bicyclic) bond motifs is 1. The van der Waals surface area contributed by atoms with E-state index >= 15 is 0 Å². The Labute approximate surface area is 214 Å². The van der Waals surface area contributed by atoms with Crippen molar-refractivity contribution in [2.45, 2.75) is 20.0 Å². The monoisotopic (exact) mass is 516 g/mol. The molecule has 4 N–H and O–H groups in total. The maximum Gasteiger partial charge on any atom is 0.300 e. The topological polar surface area (TPSA) is 140 Å². The molecule has 0 spiro atoms. The van der Waals surface area contributed by atoms with Crippen LogP contribution in [0.5, 0.6) is 0 Å². The molecule has 0 aliphatic heterocycles. The van der Waals surface area contributed by atoms with Gasteiger partial charge in [0.25, 0.3) is 5.97 Å². The number of rotatable bonds is 7. The second-order valence-electron chi connectivity index (χ2n) is 7.24. The number of carboxylic acid groups (broad SMARTS) is 1. The summed E-state index contributed by atoms with van der Waals surface area (Å²) in [7, 11) is 0. The molecule has 9 nitrogen and oxygen atoms in total. The van der Waals surface area contributed by atoms with Crippen LogP contribution in [0.2, 0.25) is 0 Å². The van der Waals surface area contributed by atoms with Crippen LogP contribution in [0, 0.1) is 0 Å². The average molecular weight is 516 g/mol. The second-order valence-corrected chi connectivity index (χ2v) is 7.24. The van der Waals surface area contributed by atoms with Gasteiger partial charge in [-0.3, -0.25) is 29.4 Å². The molecule has 3 heterocycles. The van der Waals surface area contributed by atoms with Crippen molar-refractivity contribution in [3.05, 3.63) is 96.7 Å². The average Bonchev–Trinajstić information content (AvgIpc) is 2.80. The van der Waals surface area contributed by atoms with Crippen molar-refractivity contribution in [2.75, 3.05) is 11.9 Å². The van der Waals surface area contributed by atoms with Crippen LogP contribution in [0.1, 0.15) is 18.3 Å². The third-order valence-corrected chi connectivity index (χ3v) is 4.50. The van der Waals surface area contributed by atoms with Gasteiger partial charge in [0.2, 0.25) is 5.91 Å². The third kappa shape index (κ3) is 9.99. The van der Waals surface area contributed by atoms with Crippen molar-refractivity contribution in [1.82, 2.24) is 19.9 Å². The number of carbonyl (C=O) groups is 2. The molecule has 0 aliphatic rings. The van der Waals surface area contributed by atoms with Crippen LogP contribution in [0.3, 0.4) is 0 Å². The van der Waals surface area contributed by atoms with Crippen LogP contribution in [0.25, 0.3) is 10.9 Å². The molecule has 10 heteroatoms. The van der Waals surface area contributed by atoms with Gasteiger partial charge in [-0.05, 0) is 36.4 Å². The number of benzene rings is 1. The van der Waals surface area contributed by atoms with E-state index in [0.29, 0.717) is 18.8 Å². The molecule has 0 aliphatic carbocycles. The van der Waals surface area contributed by atoms with E-state index in [0.717, 1.165) is 29.2 Å². The first kappa shape index (κ1) is 29.3. The summed E-state index contributed by atoms with van der Waals surface area (Å²) in [6.07, 6.45) is 5.25. The maximum atomic E-state index is 12.8. The number of amides is 1. The molecule has 4 rings (SSSR count). The van der Waals surface area contributed by atoms with Crippen molar-refractivity contribution < 1.29 is 37.2 Å². The van der Waals surface area contributed by atoms with Gasteiger partial charge >= 0.3 is 0 Å². The van der Waals surface area contributed by atoms with E-state index in [9.17, 15) is 4.79 Å². The van der Waals surface area contributed by atoms with Gasteiger partial charge in [0.05, 0.1) is 29.1 Å². The summed E-state index contributed by atoms with van der Waals surface area (Å²) in [6, 6.07) is 21.2. The summed E-state index contributed by atoms with van der Waals surface area (Å²) in [4.78, 5) is 37.0. The van der Waals surface area contributed by atoms with E-state index < -0.39 is 5.97 Å². The molecule has 0 saturated carbocycles.